The number of hydrogen-bond acceptors (Lipinski definition) is 2. The van der Waals surface area contributed by atoms with E-state index in [2.05, 4.69) is 0 Å². The smallest absolute Gasteiger partial charge is 0.258 e. The SMILES string of the molecule is O=[N+]([O-])c1cc(Cl)ccc1-c1ccc(-c2ccccc2)cc1. The van der Waals surface area contributed by atoms with Crippen molar-refractivity contribution in [2.45, 2.75) is 0 Å². The second kappa shape index (κ2) is 6.00. The summed E-state index contributed by atoms with van der Waals surface area (Å²) in [5.41, 5.74) is 3.55. The predicted molar refractivity (Wildman–Crippen MR) is 89.0 cm³/mol. The van der Waals surface area contributed by atoms with Crippen molar-refractivity contribution in [3.63, 3.8) is 0 Å². The number of halogens is 1. The van der Waals surface area contributed by atoms with E-state index in [1.807, 2.05) is 54.6 Å². The molecule has 0 aliphatic rings. The lowest BCUT2D eigenvalue weighted by Crippen LogP contribution is -1.92. The van der Waals surface area contributed by atoms with Gasteiger partial charge in [-0.2, -0.15) is 0 Å². The quantitative estimate of drug-likeness (QED) is 0.468. The number of hydrogen-bond donors (Lipinski definition) is 0. The van der Waals surface area contributed by atoms with Crippen LogP contribution in [-0.2, 0) is 0 Å². The zero-order valence-electron chi connectivity index (χ0n) is 11.6. The van der Waals surface area contributed by atoms with E-state index in [4.69, 9.17) is 11.6 Å². The second-order valence-electron chi connectivity index (χ2n) is 4.86. The van der Waals surface area contributed by atoms with Crippen molar-refractivity contribution < 1.29 is 4.92 Å². The van der Waals surface area contributed by atoms with Crippen LogP contribution in [0.4, 0.5) is 5.69 Å². The van der Waals surface area contributed by atoms with Gasteiger partial charge in [-0.1, -0.05) is 66.2 Å². The van der Waals surface area contributed by atoms with Gasteiger partial charge in [0.15, 0.2) is 0 Å². The summed E-state index contributed by atoms with van der Waals surface area (Å²) in [7, 11) is 0. The fraction of sp³-hybridized carbons (Fsp3) is 0. The van der Waals surface area contributed by atoms with Gasteiger partial charge >= 0.3 is 0 Å². The van der Waals surface area contributed by atoms with Gasteiger partial charge in [0, 0.05) is 11.1 Å². The molecule has 0 amide bonds. The summed E-state index contributed by atoms with van der Waals surface area (Å²) < 4.78 is 0. The predicted octanol–water partition coefficient (Wildman–Crippen LogP) is 5.58. The Kier molecular flexibility index (Phi) is 3.90. The molecule has 4 heteroatoms. The zero-order chi connectivity index (χ0) is 15.5. The van der Waals surface area contributed by atoms with Crippen LogP contribution in [0.2, 0.25) is 5.02 Å². The third-order valence-corrected chi connectivity index (χ3v) is 3.69. The van der Waals surface area contributed by atoms with E-state index < -0.39 is 4.92 Å². The van der Waals surface area contributed by atoms with E-state index in [-0.39, 0.29) is 5.69 Å². The van der Waals surface area contributed by atoms with Crippen molar-refractivity contribution in [1.29, 1.82) is 0 Å². The van der Waals surface area contributed by atoms with Crippen molar-refractivity contribution in [2.24, 2.45) is 0 Å². The monoisotopic (exact) mass is 309 g/mol. The molecule has 0 aliphatic heterocycles. The van der Waals surface area contributed by atoms with Crippen molar-refractivity contribution in [3.05, 3.63) is 87.9 Å². The molecular formula is C18H12ClNO2. The van der Waals surface area contributed by atoms with Crippen LogP contribution in [0.25, 0.3) is 22.3 Å². The highest BCUT2D eigenvalue weighted by molar-refractivity contribution is 6.30. The Morgan fingerprint density at radius 3 is 2.00 bits per heavy atom. The number of benzene rings is 3. The van der Waals surface area contributed by atoms with Gasteiger partial charge in [-0.15, -0.1) is 0 Å². The summed E-state index contributed by atoms with van der Waals surface area (Å²) in [6, 6.07) is 22.4. The first kappa shape index (κ1) is 14.3. The average molecular weight is 310 g/mol. The number of nitrogens with zero attached hydrogens (tertiary/aromatic N) is 1. The molecule has 0 unspecified atom stereocenters. The zero-order valence-corrected chi connectivity index (χ0v) is 12.3. The molecule has 0 aliphatic carbocycles. The molecule has 0 bridgehead atoms. The highest BCUT2D eigenvalue weighted by Crippen LogP contribution is 2.33. The van der Waals surface area contributed by atoms with Crippen LogP contribution in [0.5, 0.6) is 0 Å². The minimum Gasteiger partial charge on any atom is -0.258 e. The third kappa shape index (κ3) is 2.85. The first-order valence-electron chi connectivity index (χ1n) is 6.75. The lowest BCUT2D eigenvalue weighted by Gasteiger charge is -2.06. The van der Waals surface area contributed by atoms with E-state index in [1.165, 1.54) is 6.07 Å². The lowest BCUT2D eigenvalue weighted by molar-refractivity contribution is -0.384. The van der Waals surface area contributed by atoms with Gasteiger partial charge < -0.3 is 0 Å². The molecule has 3 nitrogen and oxygen atoms in total. The third-order valence-electron chi connectivity index (χ3n) is 3.46. The molecule has 0 N–H and O–H groups in total. The van der Waals surface area contributed by atoms with Crippen LogP contribution in [-0.4, -0.2) is 4.92 Å². The Morgan fingerprint density at radius 1 is 0.773 bits per heavy atom. The van der Waals surface area contributed by atoms with Gasteiger partial charge in [-0.05, 0) is 28.8 Å². The largest absolute Gasteiger partial charge is 0.278 e. The molecule has 108 valence electrons. The molecule has 3 aromatic rings. The molecule has 3 aromatic carbocycles. The Labute approximate surface area is 133 Å². The van der Waals surface area contributed by atoms with E-state index in [0.29, 0.717) is 10.6 Å². The molecule has 0 aromatic heterocycles. The molecule has 0 heterocycles. The Balaban J connectivity index is 2.02. The van der Waals surface area contributed by atoms with Crippen LogP contribution >= 0.6 is 11.6 Å². The maximum absolute atomic E-state index is 11.2. The summed E-state index contributed by atoms with van der Waals surface area (Å²) in [5, 5.41) is 11.5. The van der Waals surface area contributed by atoms with Crippen LogP contribution < -0.4 is 0 Å². The van der Waals surface area contributed by atoms with Gasteiger partial charge in [0.1, 0.15) is 0 Å². The topological polar surface area (TPSA) is 43.1 Å². The van der Waals surface area contributed by atoms with Crippen LogP contribution in [0, 0.1) is 10.1 Å². The molecule has 3 rings (SSSR count). The molecule has 0 fully saturated rings. The minimum absolute atomic E-state index is 0.0139. The summed E-state index contributed by atoms with van der Waals surface area (Å²) in [5.74, 6) is 0. The Morgan fingerprint density at radius 2 is 1.36 bits per heavy atom. The maximum atomic E-state index is 11.2. The fourth-order valence-corrected chi connectivity index (χ4v) is 2.54. The highest BCUT2D eigenvalue weighted by Gasteiger charge is 2.15. The van der Waals surface area contributed by atoms with Gasteiger partial charge in [-0.3, -0.25) is 10.1 Å². The fourth-order valence-electron chi connectivity index (χ4n) is 2.37. The summed E-state index contributed by atoms with van der Waals surface area (Å²) >= 11 is 5.85. The van der Waals surface area contributed by atoms with E-state index in [0.717, 1.165) is 16.7 Å². The molecule has 0 saturated carbocycles. The van der Waals surface area contributed by atoms with Crippen molar-refractivity contribution in [3.8, 4) is 22.3 Å². The highest BCUT2D eigenvalue weighted by atomic mass is 35.5. The second-order valence-corrected chi connectivity index (χ2v) is 5.30. The van der Waals surface area contributed by atoms with Gasteiger partial charge in [0.25, 0.3) is 5.69 Å². The number of nitro benzene ring substituents is 1. The van der Waals surface area contributed by atoms with Crippen LogP contribution in [0.1, 0.15) is 0 Å². The average Bonchev–Trinajstić information content (AvgIpc) is 2.56. The van der Waals surface area contributed by atoms with Gasteiger partial charge in [0.2, 0.25) is 0 Å². The molecular weight excluding hydrogens is 298 g/mol. The van der Waals surface area contributed by atoms with E-state index in [1.54, 1.807) is 12.1 Å². The number of nitro groups is 1. The molecule has 0 atom stereocenters. The van der Waals surface area contributed by atoms with E-state index >= 15 is 0 Å². The summed E-state index contributed by atoms with van der Waals surface area (Å²) in [4.78, 5) is 10.8. The first-order valence-corrected chi connectivity index (χ1v) is 7.13. The number of rotatable bonds is 3. The van der Waals surface area contributed by atoms with Crippen LogP contribution in [0.15, 0.2) is 72.8 Å². The Bertz CT molecular complexity index is 814. The van der Waals surface area contributed by atoms with Crippen LogP contribution in [0.3, 0.4) is 0 Å². The van der Waals surface area contributed by atoms with E-state index in [9.17, 15) is 10.1 Å². The maximum Gasteiger partial charge on any atom is 0.278 e. The Hall–Kier alpha value is -2.65. The van der Waals surface area contributed by atoms with Crippen molar-refractivity contribution in [2.75, 3.05) is 0 Å². The normalized spacial score (nSPS) is 10.4. The van der Waals surface area contributed by atoms with Crippen molar-refractivity contribution >= 4 is 17.3 Å². The van der Waals surface area contributed by atoms with Gasteiger partial charge in [-0.25, -0.2) is 0 Å². The standard InChI is InChI=1S/C18H12ClNO2/c19-16-10-11-17(18(12-16)20(21)22)15-8-6-14(7-9-15)13-4-2-1-3-5-13/h1-12H. The summed E-state index contributed by atoms with van der Waals surface area (Å²) in [6.45, 7) is 0. The lowest BCUT2D eigenvalue weighted by atomic mass is 9.99. The first-order chi connectivity index (χ1) is 10.6. The molecule has 22 heavy (non-hydrogen) atoms. The molecule has 0 saturated heterocycles. The van der Waals surface area contributed by atoms with Gasteiger partial charge in [0.05, 0.1) is 10.5 Å². The minimum atomic E-state index is -0.410. The molecule has 0 spiro atoms. The molecule has 0 radical (unpaired) electrons. The summed E-state index contributed by atoms with van der Waals surface area (Å²) in [6.07, 6.45) is 0. The van der Waals surface area contributed by atoms with Crippen molar-refractivity contribution in [1.82, 2.24) is 0 Å².